The lowest BCUT2D eigenvalue weighted by Gasteiger charge is -2.22. The van der Waals surface area contributed by atoms with Gasteiger partial charge in [-0.1, -0.05) is 73.9 Å². The van der Waals surface area contributed by atoms with E-state index in [-0.39, 0.29) is 18.2 Å². The van der Waals surface area contributed by atoms with Crippen LogP contribution in [0, 0.1) is 5.92 Å². The van der Waals surface area contributed by atoms with Crippen LogP contribution >= 0.6 is 0 Å². The molecule has 182 valence electrons. The molecule has 0 amide bonds. The fourth-order valence-corrected chi connectivity index (χ4v) is 5.86. The zero-order valence-electron chi connectivity index (χ0n) is 20.2. The van der Waals surface area contributed by atoms with Crippen molar-refractivity contribution in [3.8, 4) is 22.4 Å². The molecule has 1 aromatic heterocycles. The standard InChI is InChI=1S/C29H34N4O2/c1-3-7-20(8-4-1)17-31-25-18-34-28-26(19-35-27(25)28)33-29-30-16-15-24(32-29)23-13-11-22(12-14-23)21-9-5-2-6-10-21/h2,5-6,9-16,20,25-28,31H,1,3-4,7-8,17-19H2,(H,30,32,33)/p+1/t25-,26-,27+,28+/m0/s1. The van der Waals surface area contributed by atoms with Crippen molar-refractivity contribution in [2.75, 3.05) is 25.1 Å². The van der Waals surface area contributed by atoms with E-state index in [1.807, 2.05) is 18.3 Å². The van der Waals surface area contributed by atoms with Crippen LogP contribution < -0.4 is 10.6 Å². The molecule has 3 N–H and O–H groups in total. The Bertz CT molecular complexity index is 1100. The highest BCUT2D eigenvalue weighted by molar-refractivity contribution is 5.69. The zero-order valence-corrected chi connectivity index (χ0v) is 20.2. The molecule has 0 bridgehead atoms. The van der Waals surface area contributed by atoms with Crippen LogP contribution in [0.3, 0.4) is 0 Å². The molecule has 3 aliphatic rings. The number of hydrogen-bond donors (Lipinski definition) is 2. The van der Waals surface area contributed by atoms with E-state index < -0.39 is 0 Å². The number of nitrogens with one attached hydrogen (secondary N) is 1. The average molecular weight is 472 g/mol. The molecule has 3 aromatic rings. The van der Waals surface area contributed by atoms with Crippen LogP contribution in [0.25, 0.3) is 22.4 Å². The predicted molar refractivity (Wildman–Crippen MR) is 137 cm³/mol. The summed E-state index contributed by atoms with van der Waals surface area (Å²) in [6.07, 6.45) is 8.98. The maximum atomic E-state index is 6.21. The average Bonchev–Trinajstić information content (AvgIpc) is 3.52. The summed E-state index contributed by atoms with van der Waals surface area (Å²) < 4.78 is 12.4. The summed E-state index contributed by atoms with van der Waals surface area (Å²) >= 11 is 0. The third-order valence-corrected chi connectivity index (χ3v) is 7.85. The minimum absolute atomic E-state index is 0.0556. The molecule has 3 fully saturated rings. The molecule has 35 heavy (non-hydrogen) atoms. The summed E-state index contributed by atoms with van der Waals surface area (Å²) in [5.74, 6) is 1.48. The molecule has 3 heterocycles. The molecule has 0 radical (unpaired) electrons. The number of benzene rings is 2. The summed E-state index contributed by atoms with van der Waals surface area (Å²) in [6, 6.07) is 21.4. The van der Waals surface area contributed by atoms with Gasteiger partial charge in [0.05, 0.1) is 24.9 Å². The summed E-state index contributed by atoms with van der Waals surface area (Å²) in [4.78, 5) is 9.28. The van der Waals surface area contributed by atoms with Gasteiger partial charge in [0.1, 0.15) is 24.9 Å². The number of nitrogens with two attached hydrogens (primary N) is 1. The Morgan fingerprint density at radius 1 is 0.800 bits per heavy atom. The molecule has 4 atom stereocenters. The topological polar surface area (TPSA) is 72.9 Å². The van der Waals surface area contributed by atoms with Gasteiger partial charge < -0.3 is 20.1 Å². The summed E-state index contributed by atoms with van der Waals surface area (Å²) in [5.41, 5.74) is 4.39. The molecular formula is C29H35N4O2+. The van der Waals surface area contributed by atoms with E-state index in [2.05, 4.69) is 64.1 Å². The van der Waals surface area contributed by atoms with Gasteiger partial charge >= 0.3 is 0 Å². The maximum Gasteiger partial charge on any atom is 0.223 e. The lowest BCUT2D eigenvalue weighted by atomic mass is 9.89. The minimum Gasteiger partial charge on any atom is -0.367 e. The van der Waals surface area contributed by atoms with E-state index in [0.29, 0.717) is 18.6 Å². The minimum atomic E-state index is 0.0556. The highest BCUT2D eigenvalue weighted by atomic mass is 16.6. The van der Waals surface area contributed by atoms with Crippen molar-refractivity contribution in [2.24, 2.45) is 5.92 Å². The molecule has 0 spiro atoms. The van der Waals surface area contributed by atoms with Crippen molar-refractivity contribution in [3.05, 3.63) is 66.9 Å². The van der Waals surface area contributed by atoms with Crippen LogP contribution in [-0.4, -0.2) is 54.0 Å². The Hall–Kier alpha value is -2.80. The first-order valence-electron chi connectivity index (χ1n) is 13.2. The fourth-order valence-electron chi connectivity index (χ4n) is 5.86. The molecule has 2 aromatic carbocycles. The van der Waals surface area contributed by atoms with Crippen LogP contribution in [0.1, 0.15) is 32.1 Å². The lowest BCUT2D eigenvalue weighted by molar-refractivity contribution is -0.698. The first kappa shape index (κ1) is 22.7. The van der Waals surface area contributed by atoms with Crippen molar-refractivity contribution in [3.63, 3.8) is 0 Å². The van der Waals surface area contributed by atoms with E-state index in [0.717, 1.165) is 23.8 Å². The van der Waals surface area contributed by atoms with Crippen molar-refractivity contribution in [2.45, 2.75) is 56.4 Å². The van der Waals surface area contributed by atoms with Crippen molar-refractivity contribution in [1.29, 1.82) is 0 Å². The molecular weight excluding hydrogens is 436 g/mol. The number of rotatable bonds is 7. The summed E-state index contributed by atoms with van der Waals surface area (Å²) in [7, 11) is 0. The first-order chi connectivity index (χ1) is 17.3. The number of aromatic nitrogens is 2. The number of hydrogen-bond acceptors (Lipinski definition) is 5. The molecule has 6 nitrogen and oxygen atoms in total. The quantitative estimate of drug-likeness (QED) is 0.547. The second kappa shape index (κ2) is 10.4. The normalized spacial score (nSPS) is 26.5. The number of quaternary nitrogens is 1. The second-order valence-electron chi connectivity index (χ2n) is 10.2. The van der Waals surface area contributed by atoms with Crippen molar-refractivity contribution in [1.82, 2.24) is 9.97 Å². The Kier molecular flexibility index (Phi) is 6.76. The second-order valence-corrected chi connectivity index (χ2v) is 10.2. The van der Waals surface area contributed by atoms with E-state index in [1.54, 1.807) is 0 Å². The van der Waals surface area contributed by atoms with E-state index in [1.165, 1.54) is 49.8 Å². The molecule has 0 unspecified atom stereocenters. The van der Waals surface area contributed by atoms with Gasteiger partial charge in [-0.15, -0.1) is 0 Å². The molecule has 1 saturated carbocycles. The van der Waals surface area contributed by atoms with E-state index >= 15 is 0 Å². The van der Waals surface area contributed by atoms with Gasteiger partial charge in [0.25, 0.3) is 0 Å². The zero-order chi connectivity index (χ0) is 23.5. The van der Waals surface area contributed by atoms with E-state index in [4.69, 9.17) is 14.5 Å². The summed E-state index contributed by atoms with van der Waals surface area (Å²) in [5, 5.41) is 5.98. The SMILES string of the molecule is c1ccc(-c2ccc(-c3ccnc(N[C@H]4CO[C@H]5[C@@H]4OC[C@@H]5[NH2+]CC4CCCCC4)n3)cc2)cc1. The van der Waals surface area contributed by atoms with Crippen LogP contribution in [0.2, 0.25) is 0 Å². The third-order valence-electron chi connectivity index (χ3n) is 7.85. The Labute approximate surface area is 207 Å². The third kappa shape index (κ3) is 5.10. The van der Waals surface area contributed by atoms with Gasteiger partial charge in [0, 0.05) is 17.7 Å². The van der Waals surface area contributed by atoms with Gasteiger partial charge in [-0.05, 0) is 30.0 Å². The van der Waals surface area contributed by atoms with Gasteiger partial charge in [-0.2, -0.15) is 0 Å². The smallest absolute Gasteiger partial charge is 0.223 e. The van der Waals surface area contributed by atoms with Gasteiger partial charge in [0.2, 0.25) is 5.95 Å². The first-order valence-corrected chi connectivity index (χ1v) is 13.2. The predicted octanol–water partition coefficient (Wildman–Crippen LogP) is 3.90. The molecule has 2 saturated heterocycles. The van der Waals surface area contributed by atoms with Gasteiger partial charge in [-0.3, -0.25) is 0 Å². The monoisotopic (exact) mass is 471 g/mol. The largest absolute Gasteiger partial charge is 0.367 e. The van der Waals surface area contributed by atoms with Gasteiger partial charge in [0.15, 0.2) is 0 Å². The van der Waals surface area contributed by atoms with Crippen LogP contribution in [-0.2, 0) is 9.47 Å². The van der Waals surface area contributed by atoms with Crippen LogP contribution in [0.4, 0.5) is 5.95 Å². The number of fused-ring (bicyclic) bond motifs is 1. The molecule has 6 rings (SSSR count). The molecule has 6 heteroatoms. The fraction of sp³-hybridized carbons (Fsp3) is 0.448. The lowest BCUT2D eigenvalue weighted by Crippen LogP contribution is -2.93. The highest BCUT2D eigenvalue weighted by Gasteiger charge is 2.50. The molecule has 1 aliphatic carbocycles. The Balaban J connectivity index is 1.08. The number of ether oxygens (including phenoxy) is 2. The number of nitrogens with zero attached hydrogens (tertiary/aromatic N) is 2. The van der Waals surface area contributed by atoms with Crippen molar-refractivity contribution < 1.29 is 14.8 Å². The summed E-state index contributed by atoms with van der Waals surface area (Å²) in [6.45, 7) is 2.59. The maximum absolute atomic E-state index is 6.21. The number of anilines is 1. The highest BCUT2D eigenvalue weighted by Crippen LogP contribution is 2.29. The Morgan fingerprint density at radius 3 is 2.37 bits per heavy atom. The van der Waals surface area contributed by atoms with Crippen LogP contribution in [0.5, 0.6) is 0 Å². The van der Waals surface area contributed by atoms with E-state index in [9.17, 15) is 0 Å². The van der Waals surface area contributed by atoms with Gasteiger partial charge in [-0.25, -0.2) is 9.97 Å². The Morgan fingerprint density at radius 2 is 1.54 bits per heavy atom. The van der Waals surface area contributed by atoms with Crippen molar-refractivity contribution >= 4 is 5.95 Å². The molecule has 2 aliphatic heterocycles. The van der Waals surface area contributed by atoms with Crippen LogP contribution in [0.15, 0.2) is 66.9 Å².